The molecule has 6 rings (SSSR count). The molecule has 1 aliphatic rings. The van der Waals surface area contributed by atoms with Gasteiger partial charge in [-0.1, -0.05) is 29.8 Å². The summed E-state index contributed by atoms with van der Waals surface area (Å²) in [6.45, 7) is 2.00. The molecule has 0 fully saturated rings. The molecule has 5 aromatic rings. The average Bonchev–Trinajstić information content (AvgIpc) is 3.62. The van der Waals surface area contributed by atoms with Gasteiger partial charge in [-0.2, -0.15) is 0 Å². The monoisotopic (exact) mass is 639 g/mol. The van der Waals surface area contributed by atoms with E-state index >= 15 is 0 Å². The number of ether oxygens (including phenoxy) is 1. The van der Waals surface area contributed by atoms with E-state index in [1.165, 1.54) is 0 Å². The number of nitrogens with one attached hydrogen (secondary N) is 3. The first-order valence-corrected chi connectivity index (χ1v) is 15.0. The van der Waals surface area contributed by atoms with Crippen molar-refractivity contribution < 1.29 is 24.4 Å². The zero-order valence-corrected chi connectivity index (χ0v) is 25.9. The second-order valence-electron chi connectivity index (χ2n) is 10.9. The van der Waals surface area contributed by atoms with Gasteiger partial charge in [-0.25, -0.2) is 0 Å². The lowest BCUT2D eigenvalue weighted by atomic mass is 9.86. The highest BCUT2D eigenvalue weighted by molar-refractivity contribution is 6.58. The number of carbonyl (C=O) groups excluding carboxylic acids is 2. The molecule has 2 aromatic heterocycles. The highest BCUT2D eigenvalue weighted by atomic mass is 35.5. The lowest BCUT2D eigenvalue weighted by Gasteiger charge is -2.14. The van der Waals surface area contributed by atoms with E-state index in [9.17, 15) is 19.6 Å². The van der Waals surface area contributed by atoms with Crippen LogP contribution in [0.1, 0.15) is 40.8 Å². The fraction of sp³-hybridized carbons (Fsp3) is 0.219. The Morgan fingerprint density at radius 1 is 1.02 bits per heavy atom. The van der Waals surface area contributed by atoms with Crippen LogP contribution in [-0.2, 0) is 16.0 Å². The number of fused-ring (bicyclic) bond motifs is 4. The number of aryl methyl sites for hydroxylation is 1. The largest absolute Gasteiger partial charge is 0.505 e. The van der Waals surface area contributed by atoms with Crippen LogP contribution in [0.5, 0.6) is 5.75 Å². The molecule has 3 heterocycles. The topological polar surface area (TPSA) is 167 Å². The Bertz CT molecular complexity index is 1950. The van der Waals surface area contributed by atoms with Crippen molar-refractivity contribution in [1.82, 2.24) is 30.4 Å². The van der Waals surface area contributed by atoms with Crippen molar-refractivity contribution in [2.75, 3.05) is 20.2 Å². The Kier molecular flexibility index (Phi) is 8.88. The Hall–Kier alpha value is -4.98. The fourth-order valence-corrected chi connectivity index (χ4v) is 5.64. The maximum absolute atomic E-state index is 13.2. The van der Waals surface area contributed by atoms with Crippen LogP contribution < -0.4 is 21.0 Å². The number of aliphatic imine (C=N–C) groups is 1. The van der Waals surface area contributed by atoms with Crippen LogP contribution in [-0.4, -0.2) is 74.6 Å². The second-order valence-corrected chi connectivity index (χ2v) is 11.4. The third-order valence-corrected chi connectivity index (χ3v) is 8.05. The van der Waals surface area contributed by atoms with Crippen molar-refractivity contribution in [2.24, 2.45) is 4.99 Å². The smallest absolute Gasteiger partial charge is 0.497 e. The van der Waals surface area contributed by atoms with Gasteiger partial charge in [0.05, 0.1) is 31.5 Å². The zero-order valence-electron chi connectivity index (χ0n) is 25.1. The highest BCUT2D eigenvalue weighted by Gasteiger charge is 2.30. The van der Waals surface area contributed by atoms with Gasteiger partial charge in [0, 0.05) is 33.8 Å². The Morgan fingerprint density at radius 3 is 2.59 bits per heavy atom. The number of amides is 2. The van der Waals surface area contributed by atoms with Crippen LogP contribution in [0.2, 0.25) is 5.02 Å². The van der Waals surface area contributed by atoms with E-state index in [0.717, 1.165) is 33.3 Å². The number of hydrogen-bond donors (Lipinski definition) is 5. The summed E-state index contributed by atoms with van der Waals surface area (Å²) in [5.74, 6) is 1.10. The summed E-state index contributed by atoms with van der Waals surface area (Å²) in [5, 5.41) is 34.4. The summed E-state index contributed by atoms with van der Waals surface area (Å²) in [6, 6.07) is 19.6. The molecular weight excluding hydrogens is 609 g/mol. The average molecular weight is 640 g/mol. The summed E-state index contributed by atoms with van der Waals surface area (Å²) >= 11 is 6.17. The molecule has 0 aliphatic carbocycles. The SMILES string of the molecule is COc1ccc2c(c1)C(c1ccc(Cl)cc1)=N[C@@H](CC(=O)NCC(=O)NCCc1ccc3[nH]c(B(O)O)cc3c1)c1nnc(C)n1-2. The Balaban J connectivity index is 1.14. The molecule has 0 spiro atoms. The van der Waals surface area contributed by atoms with Crippen molar-refractivity contribution in [3.05, 3.63) is 100 Å². The number of rotatable bonds is 10. The van der Waals surface area contributed by atoms with Crippen molar-refractivity contribution >= 4 is 52.7 Å². The number of aromatic amines is 1. The Labute approximate surface area is 269 Å². The molecule has 3 aromatic carbocycles. The molecule has 234 valence electrons. The molecule has 1 aliphatic heterocycles. The molecule has 0 unspecified atom stereocenters. The van der Waals surface area contributed by atoms with Gasteiger partial charge < -0.3 is 30.4 Å². The van der Waals surface area contributed by atoms with Crippen molar-refractivity contribution in [3.8, 4) is 11.4 Å². The number of hydrogen-bond acceptors (Lipinski definition) is 8. The summed E-state index contributed by atoms with van der Waals surface area (Å²) in [4.78, 5) is 33.8. The first-order valence-electron chi connectivity index (χ1n) is 14.7. The van der Waals surface area contributed by atoms with Crippen LogP contribution in [0.4, 0.5) is 0 Å². The fourth-order valence-electron chi connectivity index (χ4n) is 5.51. The molecule has 5 N–H and O–H groups in total. The molecule has 14 heteroatoms. The number of aromatic nitrogens is 4. The van der Waals surface area contributed by atoms with Gasteiger partial charge in [-0.05, 0) is 72.8 Å². The first kappa shape index (κ1) is 31.0. The highest BCUT2D eigenvalue weighted by Crippen LogP contribution is 2.34. The lowest BCUT2D eigenvalue weighted by molar-refractivity contribution is -0.126. The van der Waals surface area contributed by atoms with Gasteiger partial charge in [-0.3, -0.25) is 19.1 Å². The maximum atomic E-state index is 13.2. The third kappa shape index (κ3) is 6.52. The molecule has 0 saturated carbocycles. The molecule has 46 heavy (non-hydrogen) atoms. The van der Waals surface area contributed by atoms with E-state index in [0.29, 0.717) is 46.7 Å². The predicted octanol–water partition coefficient (Wildman–Crippen LogP) is 2.16. The minimum absolute atomic E-state index is 0.0607. The van der Waals surface area contributed by atoms with E-state index in [-0.39, 0.29) is 24.8 Å². The lowest BCUT2D eigenvalue weighted by Crippen LogP contribution is -2.38. The van der Waals surface area contributed by atoms with Gasteiger partial charge in [0.15, 0.2) is 5.82 Å². The van der Waals surface area contributed by atoms with Gasteiger partial charge in [0.1, 0.15) is 17.6 Å². The van der Waals surface area contributed by atoms with Crippen LogP contribution in [0, 0.1) is 6.92 Å². The summed E-state index contributed by atoms with van der Waals surface area (Å²) in [6.07, 6.45) is 0.497. The quantitative estimate of drug-likeness (QED) is 0.146. The zero-order chi connectivity index (χ0) is 32.4. The van der Waals surface area contributed by atoms with E-state index in [1.807, 2.05) is 60.0 Å². The number of methoxy groups -OCH3 is 1. The summed E-state index contributed by atoms with van der Waals surface area (Å²) < 4.78 is 7.40. The van der Waals surface area contributed by atoms with E-state index in [1.54, 1.807) is 25.3 Å². The van der Waals surface area contributed by atoms with E-state index in [2.05, 4.69) is 25.8 Å². The predicted molar refractivity (Wildman–Crippen MR) is 175 cm³/mol. The van der Waals surface area contributed by atoms with E-state index in [4.69, 9.17) is 21.3 Å². The normalized spacial score (nSPS) is 13.8. The Morgan fingerprint density at radius 2 is 1.83 bits per heavy atom. The summed E-state index contributed by atoms with van der Waals surface area (Å²) in [7, 11) is 0.0210. The molecule has 0 bridgehead atoms. The maximum Gasteiger partial charge on any atom is 0.505 e. The number of halogens is 1. The van der Waals surface area contributed by atoms with E-state index < -0.39 is 13.2 Å². The number of carbonyl (C=O) groups is 2. The number of H-pyrrole nitrogens is 1. The van der Waals surface area contributed by atoms with Gasteiger partial charge in [0.2, 0.25) is 11.8 Å². The van der Waals surface area contributed by atoms with Crippen LogP contribution in [0.3, 0.4) is 0 Å². The van der Waals surface area contributed by atoms with Crippen molar-refractivity contribution in [1.29, 1.82) is 0 Å². The van der Waals surface area contributed by atoms with Crippen molar-refractivity contribution in [3.63, 3.8) is 0 Å². The van der Waals surface area contributed by atoms with Crippen LogP contribution >= 0.6 is 11.6 Å². The summed E-state index contributed by atoms with van der Waals surface area (Å²) in [5.41, 5.74) is 5.11. The van der Waals surface area contributed by atoms with Crippen LogP contribution in [0.25, 0.3) is 16.6 Å². The first-order chi connectivity index (χ1) is 22.2. The van der Waals surface area contributed by atoms with Crippen molar-refractivity contribution in [2.45, 2.75) is 25.8 Å². The van der Waals surface area contributed by atoms with Crippen LogP contribution in [0.15, 0.2) is 71.7 Å². The minimum Gasteiger partial charge on any atom is -0.497 e. The standard InChI is InChI=1S/C32H31BClN7O5/c1-18-39-40-32-26(38-31(20-4-6-22(34)7-5-20)24-15-23(46-2)8-10-27(24)41(18)32)16-29(42)36-17-30(43)35-12-11-19-3-9-25-21(13-19)14-28(37-25)33(44)45/h3-10,13-15,26,37,44-45H,11-12,16-17H2,1-2H3,(H,35,43)(H,36,42)/t26-/m0/s1. The molecule has 1 atom stereocenters. The third-order valence-electron chi connectivity index (χ3n) is 7.80. The molecular formula is C32H31BClN7O5. The molecule has 12 nitrogen and oxygen atoms in total. The molecule has 0 saturated heterocycles. The molecule has 0 radical (unpaired) electrons. The number of benzene rings is 3. The van der Waals surface area contributed by atoms with Gasteiger partial charge in [-0.15, -0.1) is 10.2 Å². The van der Waals surface area contributed by atoms with Gasteiger partial charge in [0.25, 0.3) is 0 Å². The second kappa shape index (κ2) is 13.2. The molecule has 2 amide bonds. The van der Waals surface area contributed by atoms with Gasteiger partial charge >= 0.3 is 7.12 Å². The minimum atomic E-state index is -1.58. The number of nitrogens with zero attached hydrogens (tertiary/aromatic N) is 4.